The standard InChI is InChI=1S/C19H33N3/c1-14(2)17-11-18(17)19(4,5)22-8-6-16(12-22)10-15(3)21-9-7-20-13-21/h7,9,13-18H,6,8,10-12H2,1-5H3. The maximum absolute atomic E-state index is 4.18. The molecule has 3 heteroatoms. The molecule has 1 saturated carbocycles. The largest absolute Gasteiger partial charge is 0.335 e. The zero-order valence-electron chi connectivity index (χ0n) is 15.0. The topological polar surface area (TPSA) is 21.1 Å². The molecular weight excluding hydrogens is 270 g/mol. The van der Waals surface area contributed by atoms with Gasteiger partial charge in [-0.05, 0) is 70.3 Å². The van der Waals surface area contributed by atoms with E-state index >= 15 is 0 Å². The lowest BCUT2D eigenvalue weighted by Crippen LogP contribution is -2.45. The lowest BCUT2D eigenvalue weighted by Gasteiger charge is -2.37. The summed E-state index contributed by atoms with van der Waals surface area (Å²) in [5, 5.41) is 0. The second-order valence-corrected chi connectivity index (χ2v) is 8.60. The summed E-state index contributed by atoms with van der Waals surface area (Å²) in [4.78, 5) is 6.96. The first-order valence-electron chi connectivity index (χ1n) is 9.12. The van der Waals surface area contributed by atoms with Crippen LogP contribution in [0.2, 0.25) is 0 Å². The number of rotatable bonds is 6. The first-order valence-corrected chi connectivity index (χ1v) is 9.12. The van der Waals surface area contributed by atoms with Crippen LogP contribution in [-0.2, 0) is 0 Å². The highest BCUT2D eigenvalue weighted by Gasteiger charge is 2.52. The van der Waals surface area contributed by atoms with Gasteiger partial charge < -0.3 is 4.57 Å². The molecule has 124 valence electrons. The monoisotopic (exact) mass is 303 g/mol. The first kappa shape index (κ1) is 16.0. The average molecular weight is 303 g/mol. The summed E-state index contributed by atoms with van der Waals surface area (Å²) in [6.07, 6.45) is 10.0. The van der Waals surface area contributed by atoms with Crippen LogP contribution < -0.4 is 0 Å². The van der Waals surface area contributed by atoms with E-state index in [4.69, 9.17) is 0 Å². The molecule has 1 aromatic rings. The van der Waals surface area contributed by atoms with E-state index in [-0.39, 0.29) is 0 Å². The number of aromatic nitrogens is 2. The Kier molecular flexibility index (Phi) is 4.37. The number of likely N-dealkylation sites (tertiary alicyclic amines) is 1. The van der Waals surface area contributed by atoms with Crippen molar-refractivity contribution in [1.82, 2.24) is 14.5 Å². The summed E-state index contributed by atoms with van der Waals surface area (Å²) in [5.41, 5.74) is 0.391. The predicted octanol–water partition coefficient (Wildman–Crippen LogP) is 4.23. The smallest absolute Gasteiger partial charge is 0.0948 e. The van der Waals surface area contributed by atoms with E-state index in [0.29, 0.717) is 11.6 Å². The minimum atomic E-state index is 0.391. The maximum Gasteiger partial charge on any atom is 0.0948 e. The molecular formula is C19H33N3. The van der Waals surface area contributed by atoms with Crippen LogP contribution in [0.4, 0.5) is 0 Å². The molecule has 2 fully saturated rings. The molecule has 1 aromatic heterocycles. The molecule has 4 atom stereocenters. The lowest BCUT2D eigenvalue weighted by molar-refractivity contribution is 0.113. The van der Waals surface area contributed by atoms with Gasteiger partial charge in [0.25, 0.3) is 0 Å². The van der Waals surface area contributed by atoms with E-state index in [9.17, 15) is 0 Å². The summed E-state index contributed by atoms with van der Waals surface area (Å²) in [6.45, 7) is 14.7. The van der Waals surface area contributed by atoms with Crippen molar-refractivity contribution in [1.29, 1.82) is 0 Å². The van der Waals surface area contributed by atoms with Gasteiger partial charge >= 0.3 is 0 Å². The van der Waals surface area contributed by atoms with Crippen LogP contribution in [0, 0.1) is 23.7 Å². The van der Waals surface area contributed by atoms with E-state index in [1.807, 2.05) is 12.5 Å². The van der Waals surface area contributed by atoms with Crippen LogP contribution in [0.1, 0.15) is 59.9 Å². The Morgan fingerprint density at radius 1 is 1.27 bits per heavy atom. The molecule has 3 nitrogen and oxygen atoms in total. The Balaban J connectivity index is 1.54. The normalized spacial score (nSPS) is 30.9. The Labute approximate surface area is 136 Å². The van der Waals surface area contributed by atoms with Crippen LogP contribution in [0.3, 0.4) is 0 Å². The van der Waals surface area contributed by atoms with E-state index in [0.717, 1.165) is 23.7 Å². The molecule has 0 aromatic carbocycles. The van der Waals surface area contributed by atoms with Gasteiger partial charge in [-0.3, -0.25) is 4.90 Å². The molecule has 2 aliphatic rings. The highest BCUT2D eigenvalue weighted by Crippen LogP contribution is 2.53. The molecule has 0 radical (unpaired) electrons. The van der Waals surface area contributed by atoms with Crippen molar-refractivity contribution >= 4 is 0 Å². The fourth-order valence-electron chi connectivity index (χ4n) is 4.68. The van der Waals surface area contributed by atoms with Gasteiger partial charge in [0.15, 0.2) is 0 Å². The maximum atomic E-state index is 4.18. The molecule has 1 saturated heterocycles. The third-order valence-electron chi connectivity index (χ3n) is 6.41. The molecule has 0 amide bonds. The number of hydrogen-bond donors (Lipinski definition) is 0. The molecule has 4 unspecified atom stereocenters. The number of nitrogens with zero attached hydrogens (tertiary/aromatic N) is 3. The van der Waals surface area contributed by atoms with Gasteiger partial charge in [0.2, 0.25) is 0 Å². The minimum absolute atomic E-state index is 0.391. The van der Waals surface area contributed by atoms with Gasteiger partial charge in [0.05, 0.1) is 6.33 Å². The van der Waals surface area contributed by atoms with E-state index in [1.165, 1.54) is 32.4 Å². The Morgan fingerprint density at radius 2 is 2.05 bits per heavy atom. The van der Waals surface area contributed by atoms with E-state index in [2.05, 4.69) is 55.3 Å². The lowest BCUT2D eigenvalue weighted by atomic mass is 9.91. The van der Waals surface area contributed by atoms with Crippen LogP contribution in [0.5, 0.6) is 0 Å². The van der Waals surface area contributed by atoms with Crippen molar-refractivity contribution in [3.63, 3.8) is 0 Å². The number of hydrogen-bond acceptors (Lipinski definition) is 2. The van der Waals surface area contributed by atoms with Gasteiger partial charge in [-0.25, -0.2) is 4.98 Å². The zero-order valence-corrected chi connectivity index (χ0v) is 15.0. The van der Waals surface area contributed by atoms with Crippen molar-refractivity contribution in [3.05, 3.63) is 18.7 Å². The van der Waals surface area contributed by atoms with Gasteiger partial charge in [-0.2, -0.15) is 0 Å². The summed E-state index contributed by atoms with van der Waals surface area (Å²) >= 11 is 0. The Hall–Kier alpha value is -0.830. The fraction of sp³-hybridized carbons (Fsp3) is 0.842. The molecule has 22 heavy (non-hydrogen) atoms. The van der Waals surface area contributed by atoms with Crippen LogP contribution in [0.15, 0.2) is 18.7 Å². The van der Waals surface area contributed by atoms with Crippen LogP contribution in [0.25, 0.3) is 0 Å². The average Bonchev–Trinajstić information content (AvgIpc) is 2.87. The second kappa shape index (κ2) is 5.99. The molecule has 3 rings (SSSR count). The predicted molar refractivity (Wildman–Crippen MR) is 91.7 cm³/mol. The molecule has 2 heterocycles. The third kappa shape index (κ3) is 3.10. The molecule has 0 spiro atoms. The fourth-order valence-corrected chi connectivity index (χ4v) is 4.68. The summed E-state index contributed by atoms with van der Waals surface area (Å²) in [7, 11) is 0. The molecule has 0 N–H and O–H groups in total. The third-order valence-corrected chi connectivity index (χ3v) is 6.41. The Morgan fingerprint density at radius 3 is 2.64 bits per heavy atom. The molecule has 1 aliphatic carbocycles. The summed E-state index contributed by atoms with van der Waals surface area (Å²) in [5.74, 6) is 3.56. The highest BCUT2D eigenvalue weighted by molar-refractivity contribution is 5.04. The van der Waals surface area contributed by atoms with Gasteiger partial charge in [-0.15, -0.1) is 0 Å². The van der Waals surface area contributed by atoms with Crippen molar-refractivity contribution in [2.75, 3.05) is 13.1 Å². The Bertz CT molecular complexity index is 477. The van der Waals surface area contributed by atoms with Gasteiger partial charge in [-0.1, -0.05) is 13.8 Å². The van der Waals surface area contributed by atoms with Crippen LogP contribution >= 0.6 is 0 Å². The SMILES string of the molecule is CC(C)C1CC1C(C)(C)N1CCC(CC(C)n2ccnc2)C1. The van der Waals surface area contributed by atoms with Crippen molar-refractivity contribution in [2.24, 2.45) is 23.7 Å². The molecule has 0 bridgehead atoms. The minimum Gasteiger partial charge on any atom is -0.335 e. The number of imidazole rings is 1. The van der Waals surface area contributed by atoms with Gasteiger partial charge in [0.1, 0.15) is 0 Å². The molecule has 1 aliphatic heterocycles. The highest BCUT2D eigenvalue weighted by atomic mass is 15.2. The van der Waals surface area contributed by atoms with Crippen molar-refractivity contribution in [3.8, 4) is 0 Å². The van der Waals surface area contributed by atoms with Gasteiger partial charge in [0, 0.05) is 30.5 Å². The van der Waals surface area contributed by atoms with Crippen molar-refractivity contribution < 1.29 is 0 Å². The second-order valence-electron chi connectivity index (χ2n) is 8.60. The van der Waals surface area contributed by atoms with Crippen LogP contribution in [-0.4, -0.2) is 33.1 Å². The summed E-state index contributed by atoms with van der Waals surface area (Å²) < 4.78 is 2.25. The van der Waals surface area contributed by atoms with E-state index in [1.54, 1.807) is 0 Å². The quantitative estimate of drug-likeness (QED) is 0.784. The summed E-state index contributed by atoms with van der Waals surface area (Å²) in [6, 6.07) is 0.569. The first-order chi connectivity index (χ1) is 10.4. The zero-order chi connectivity index (χ0) is 15.9. The van der Waals surface area contributed by atoms with E-state index < -0.39 is 0 Å². The van der Waals surface area contributed by atoms with Crippen molar-refractivity contribution in [2.45, 2.75) is 65.5 Å².